The Morgan fingerprint density at radius 1 is 1.42 bits per heavy atom. The Labute approximate surface area is 129 Å². The number of rotatable bonds is 5. The summed E-state index contributed by atoms with van der Waals surface area (Å²) in [5, 5.41) is 9.36. The summed E-state index contributed by atoms with van der Waals surface area (Å²) in [5.74, 6) is 1.26. The zero-order valence-corrected chi connectivity index (χ0v) is 14.6. The highest BCUT2D eigenvalue weighted by Crippen LogP contribution is 2.37. The minimum atomic E-state index is 0.558. The monoisotopic (exact) mass is 316 g/mol. The first-order valence-electron chi connectivity index (χ1n) is 7.01. The minimum Gasteiger partial charge on any atom is -0.313 e. The highest BCUT2D eigenvalue weighted by molar-refractivity contribution is 8.07. The zero-order chi connectivity index (χ0) is 13.8. The number of thiazole rings is 1. The van der Waals surface area contributed by atoms with Crippen molar-refractivity contribution in [1.29, 1.82) is 0 Å². The fourth-order valence-electron chi connectivity index (χ4n) is 2.30. The van der Waals surface area contributed by atoms with Crippen molar-refractivity contribution in [2.24, 2.45) is 0 Å². The molecule has 0 radical (unpaired) electrons. The van der Waals surface area contributed by atoms with E-state index in [0.29, 0.717) is 11.3 Å². The summed E-state index contributed by atoms with van der Waals surface area (Å²) in [5.41, 5.74) is 1.16. The molecule has 1 aromatic heterocycles. The van der Waals surface area contributed by atoms with Crippen molar-refractivity contribution in [3.8, 4) is 0 Å². The summed E-state index contributed by atoms with van der Waals surface area (Å²) in [6.07, 6.45) is 1.08. The van der Waals surface area contributed by atoms with Crippen molar-refractivity contribution in [2.45, 2.75) is 55.9 Å². The number of hydrogen-bond acceptors (Lipinski definition) is 5. The second kappa shape index (κ2) is 7.34. The summed E-state index contributed by atoms with van der Waals surface area (Å²) < 4.78 is 0. The molecule has 0 bridgehead atoms. The molecule has 0 spiro atoms. The van der Waals surface area contributed by atoms with E-state index in [1.807, 2.05) is 0 Å². The van der Waals surface area contributed by atoms with Crippen LogP contribution in [-0.2, 0) is 6.42 Å². The molecular weight excluding hydrogens is 292 g/mol. The molecule has 19 heavy (non-hydrogen) atoms. The number of nitrogens with zero attached hydrogens (tertiary/aromatic N) is 1. The molecule has 2 nitrogen and oxygen atoms in total. The summed E-state index contributed by atoms with van der Waals surface area (Å²) in [7, 11) is 0. The second-order valence-electron chi connectivity index (χ2n) is 5.17. The fourth-order valence-corrected chi connectivity index (χ4v) is 6.26. The average Bonchev–Trinajstić information content (AvgIpc) is 2.78. The first-order chi connectivity index (χ1) is 9.10. The molecule has 1 aliphatic rings. The molecule has 4 unspecified atom stereocenters. The Kier molecular flexibility index (Phi) is 6.06. The maximum atomic E-state index is 4.62. The molecule has 0 saturated carbocycles. The van der Waals surface area contributed by atoms with Gasteiger partial charge in [-0.25, -0.2) is 4.98 Å². The van der Waals surface area contributed by atoms with Crippen LogP contribution in [0.2, 0.25) is 0 Å². The van der Waals surface area contributed by atoms with Gasteiger partial charge in [-0.05, 0) is 13.5 Å². The van der Waals surface area contributed by atoms with Gasteiger partial charge in [-0.3, -0.25) is 0 Å². The van der Waals surface area contributed by atoms with Crippen molar-refractivity contribution in [1.82, 2.24) is 10.3 Å². The second-order valence-corrected chi connectivity index (χ2v) is 9.14. The van der Waals surface area contributed by atoms with Crippen LogP contribution in [0.1, 0.15) is 31.5 Å². The van der Waals surface area contributed by atoms with Gasteiger partial charge >= 0.3 is 0 Å². The SMILES string of the molecule is CCNC(Cc1nc(C)cs1)C1CSC(C)C(C)S1. The fraction of sp³-hybridized carbons (Fsp3) is 0.786. The summed E-state index contributed by atoms with van der Waals surface area (Å²) in [6.45, 7) is 10.0. The van der Waals surface area contributed by atoms with Crippen molar-refractivity contribution in [2.75, 3.05) is 12.3 Å². The molecule has 1 aliphatic heterocycles. The number of hydrogen-bond donors (Lipinski definition) is 1. The maximum Gasteiger partial charge on any atom is 0.0944 e. The Balaban J connectivity index is 1.99. The molecule has 1 saturated heterocycles. The van der Waals surface area contributed by atoms with Gasteiger partial charge < -0.3 is 5.32 Å². The highest BCUT2D eigenvalue weighted by Gasteiger charge is 2.31. The molecule has 0 aliphatic carbocycles. The van der Waals surface area contributed by atoms with Crippen LogP contribution in [0.15, 0.2) is 5.38 Å². The molecule has 0 aromatic carbocycles. The smallest absolute Gasteiger partial charge is 0.0944 e. The molecule has 2 heterocycles. The van der Waals surface area contributed by atoms with Gasteiger partial charge in [0.2, 0.25) is 0 Å². The minimum absolute atomic E-state index is 0.558. The lowest BCUT2D eigenvalue weighted by Crippen LogP contribution is -2.44. The van der Waals surface area contributed by atoms with Crippen LogP contribution in [0, 0.1) is 6.92 Å². The van der Waals surface area contributed by atoms with E-state index in [0.717, 1.165) is 29.2 Å². The molecular formula is C14H24N2S3. The van der Waals surface area contributed by atoms with Crippen LogP contribution in [0.3, 0.4) is 0 Å². The van der Waals surface area contributed by atoms with Crippen molar-refractivity contribution < 1.29 is 0 Å². The van der Waals surface area contributed by atoms with E-state index in [-0.39, 0.29) is 0 Å². The number of aromatic nitrogens is 1. The van der Waals surface area contributed by atoms with Crippen LogP contribution in [0.25, 0.3) is 0 Å². The van der Waals surface area contributed by atoms with E-state index >= 15 is 0 Å². The molecule has 0 amide bonds. The standard InChI is InChI=1S/C14H24N2S3/c1-5-15-12(6-14-16-9(2)7-18-14)13-8-17-10(3)11(4)19-13/h7,10-13,15H,5-6,8H2,1-4H3. The van der Waals surface area contributed by atoms with E-state index in [4.69, 9.17) is 0 Å². The van der Waals surface area contributed by atoms with Gasteiger partial charge in [-0.2, -0.15) is 23.5 Å². The number of aryl methyl sites for hydroxylation is 1. The molecule has 108 valence electrons. The van der Waals surface area contributed by atoms with Crippen LogP contribution < -0.4 is 5.32 Å². The molecule has 1 fully saturated rings. The first-order valence-corrected chi connectivity index (χ1v) is 9.88. The maximum absolute atomic E-state index is 4.62. The van der Waals surface area contributed by atoms with Gasteiger partial charge in [0, 0.05) is 45.0 Å². The van der Waals surface area contributed by atoms with E-state index in [1.165, 1.54) is 10.8 Å². The van der Waals surface area contributed by atoms with Gasteiger partial charge in [0.05, 0.1) is 5.01 Å². The van der Waals surface area contributed by atoms with Crippen LogP contribution in [0.5, 0.6) is 0 Å². The number of nitrogens with one attached hydrogen (secondary N) is 1. The van der Waals surface area contributed by atoms with E-state index in [9.17, 15) is 0 Å². The predicted molar refractivity (Wildman–Crippen MR) is 90.8 cm³/mol. The Bertz CT molecular complexity index is 394. The largest absolute Gasteiger partial charge is 0.313 e. The van der Waals surface area contributed by atoms with Gasteiger partial charge in [0.15, 0.2) is 0 Å². The lowest BCUT2D eigenvalue weighted by Gasteiger charge is -2.36. The third-order valence-electron chi connectivity index (χ3n) is 3.55. The molecule has 2 rings (SSSR count). The molecule has 1 aromatic rings. The van der Waals surface area contributed by atoms with Gasteiger partial charge in [0.25, 0.3) is 0 Å². The molecule has 4 atom stereocenters. The van der Waals surface area contributed by atoms with Gasteiger partial charge in [0.1, 0.15) is 0 Å². The topological polar surface area (TPSA) is 24.9 Å². The third-order valence-corrected chi connectivity index (χ3v) is 8.09. The van der Waals surface area contributed by atoms with Gasteiger partial charge in [-0.15, -0.1) is 11.3 Å². The quantitative estimate of drug-likeness (QED) is 0.897. The van der Waals surface area contributed by atoms with Crippen LogP contribution in [0.4, 0.5) is 0 Å². The van der Waals surface area contributed by atoms with Crippen molar-refractivity contribution in [3.05, 3.63) is 16.1 Å². The lowest BCUT2D eigenvalue weighted by molar-refractivity contribution is 0.519. The Morgan fingerprint density at radius 3 is 2.79 bits per heavy atom. The number of likely N-dealkylation sites (N-methyl/N-ethyl adjacent to an activating group) is 1. The van der Waals surface area contributed by atoms with Crippen molar-refractivity contribution >= 4 is 34.9 Å². The van der Waals surface area contributed by atoms with Crippen LogP contribution >= 0.6 is 34.9 Å². The van der Waals surface area contributed by atoms with Gasteiger partial charge in [-0.1, -0.05) is 20.8 Å². The summed E-state index contributed by atoms with van der Waals surface area (Å²) in [4.78, 5) is 4.62. The van der Waals surface area contributed by atoms with E-state index < -0.39 is 0 Å². The average molecular weight is 317 g/mol. The zero-order valence-electron chi connectivity index (χ0n) is 12.2. The van der Waals surface area contributed by atoms with Crippen LogP contribution in [-0.4, -0.2) is 39.1 Å². The van der Waals surface area contributed by atoms with E-state index in [2.05, 4.69) is 66.9 Å². The summed E-state index contributed by atoms with van der Waals surface area (Å²) in [6, 6.07) is 0.558. The highest BCUT2D eigenvalue weighted by atomic mass is 32.2. The third kappa shape index (κ3) is 4.38. The molecule has 1 N–H and O–H groups in total. The normalized spacial score (nSPS) is 29.4. The molecule has 5 heteroatoms. The Hall–Kier alpha value is 0.290. The predicted octanol–water partition coefficient (Wildman–Crippen LogP) is 3.60. The van der Waals surface area contributed by atoms with E-state index in [1.54, 1.807) is 11.3 Å². The Morgan fingerprint density at radius 2 is 2.21 bits per heavy atom. The first kappa shape index (κ1) is 15.7. The van der Waals surface area contributed by atoms with Crippen molar-refractivity contribution in [3.63, 3.8) is 0 Å². The lowest BCUT2D eigenvalue weighted by atomic mass is 10.1. The summed E-state index contributed by atoms with van der Waals surface area (Å²) >= 11 is 6.09. The number of thioether (sulfide) groups is 2.